The maximum atomic E-state index is 11.7. The molecule has 0 atom stereocenters. The summed E-state index contributed by atoms with van der Waals surface area (Å²) in [6.45, 7) is 2.40. The summed E-state index contributed by atoms with van der Waals surface area (Å²) in [7, 11) is 0. The van der Waals surface area contributed by atoms with E-state index in [0.717, 1.165) is 10.7 Å². The predicted octanol–water partition coefficient (Wildman–Crippen LogP) is 1.11. The molecule has 2 rings (SSSR count). The number of H-pyrrole nitrogens is 1. The number of aryl methyl sites for hydroxylation is 1. The molecule has 5 nitrogen and oxygen atoms in total. The molecule has 0 spiro atoms. The highest BCUT2D eigenvalue weighted by molar-refractivity contribution is 7.09. The summed E-state index contributed by atoms with van der Waals surface area (Å²) in [5.74, 6) is -0.356. The van der Waals surface area contributed by atoms with Gasteiger partial charge in [0.15, 0.2) is 5.43 Å². The summed E-state index contributed by atoms with van der Waals surface area (Å²) >= 11 is 1.57. The van der Waals surface area contributed by atoms with Crippen LogP contribution in [0.25, 0.3) is 0 Å². The van der Waals surface area contributed by atoms with E-state index in [1.807, 2.05) is 12.3 Å². The third-order valence-corrected chi connectivity index (χ3v) is 3.39. The van der Waals surface area contributed by atoms with Gasteiger partial charge in [0.2, 0.25) is 0 Å². The predicted molar refractivity (Wildman–Crippen MR) is 70.0 cm³/mol. The molecule has 0 aliphatic rings. The number of thiazole rings is 1. The topological polar surface area (TPSA) is 74.8 Å². The standard InChI is InChI=1S/C12H13N3O2S/c1-8-7-18-11(15-8)3-5-14-12(17)9-6-13-4-2-10(9)16/h2,4,6-7H,3,5H2,1H3,(H,13,16)(H,14,17). The van der Waals surface area contributed by atoms with Gasteiger partial charge in [-0.1, -0.05) is 0 Å². The van der Waals surface area contributed by atoms with Crippen LogP contribution in [0.2, 0.25) is 0 Å². The molecule has 0 saturated heterocycles. The lowest BCUT2D eigenvalue weighted by Gasteiger charge is -2.02. The largest absolute Gasteiger partial charge is 0.367 e. The molecule has 0 saturated carbocycles. The number of aromatic nitrogens is 2. The summed E-state index contributed by atoms with van der Waals surface area (Å²) in [4.78, 5) is 30.1. The Hall–Kier alpha value is -1.95. The minimum absolute atomic E-state index is 0.132. The summed E-state index contributed by atoms with van der Waals surface area (Å²) in [6.07, 6.45) is 3.58. The fraction of sp³-hybridized carbons (Fsp3) is 0.250. The first-order chi connectivity index (χ1) is 8.66. The molecule has 0 radical (unpaired) electrons. The van der Waals surface area contributed by atoms with E-state index in [2.05, 4.69) is 15.3 Å². The molecule has 1 amide bonds. The molecule has 0 aliphatic heterocycles. The number of pyridine rings is 1. The Morgan fingerprint density at radius 2 is 2.39 bits per heavy atom. The zero-order chi connectivity index (χ0) is 13.0. The van der Waals surface area contributed by atoms with E-state index >= 15 is 0 Å². The van der Waals surface area contributed by atoms with E-state index in [9.17, 15) is 9.59 Å². The number of rotatable bonds is 4. The van der Waals surface area contributed by atoms with Crippen LogP contribution >= 0.6 is 11.3 Å². The number of carbonyl (C=O) groups is 1. The second kappa shape index (κ2) is 5.59. The number of amides is 1. The molecule has 0 aromatic carbocycles. The fourth-order valence-corrected chi connectivity index (χ4v) is 2.27. The van der Waals surface area contributed by atoms with E-state index in [4.69, 9.17) is 0 Å². The van der Waals surface area contributed by atoms with E-state index < -0.39 is 0 Å². The van der Waals surface area contributed by atoms with Gasteiger partial charge in [0.25, 0.3) is 5.91 Å². The molecule has 2 aromatic heterocycles. The van der Waals surface area contributed by atoms with Gasteiger partial charge in [-0.25, -0.2) is 4.98 Å². The highest BCUT2D eigenvalue weighted by Gasteiger charge is 2.08. The summed E-state index contributed by atoms with van der Waals surface area (Å²) in [5.41, 5.74) is 0.838. The van der Waals surface area contributed by atoms with E-state index in [1.165, 1.54) is 18.5 Å². The van der Waals surface area contributed by atoms with Gasteiger partial charge in [0.1, 0.15) is 5.56 Å². The molecular weight excluding hydrogens is 250 g/mol. The Morgan fingerprint density at radius 1 is 1.56 bits per heavy atom. The van der Waals surface area contributed by atoms with Gasteiger partial charge in [0.05, 0.1) is 5.01 Å². The molecule has 0 bridgehead atoms. The highest BCUT2D eigenvalue weighted by Crippen LogP contribution is 2.08. The van der Waals surface area contributed by atoms with Gasteiger partial charge in [-0.15, -0.1) is 11.3 Å². The van der Waals surface area contributed by atoms with Crippen LogP contribution in [0.1, 0.15) is 21.1 Å². The first-order valence-electron chi connectivity index (χ1n) is 5.53. The molecule has 0 fully saturated rings. The number of hydrogen-bond donors (Lipinski definition) is 2. The Labute approximate surface area is 108 Å². The quantitative estimate of drug-likeness (QED) is 0.867. The molecule has 2 aromatic rings. The molecule has 94 valence electrons. The van der Waals surface area contributed by atoms with Crippen LogP contribution in [-0.4, -0.2) is 22.4 Å². The van der Waals surface area contributed by atoms with Crippen molar-refractivity contribution in [2.75, 3.05) is 6.54 Å². The maximum Gasteiger partial charge on any atom is 0.256 e. The summed E-state index contributed by atoms with van der Waals surface area (Å²) in [5, 5.41) is 5.66. The zero-order valence-electron chi connectivity index (χ0n) is 9.90. The first kappa shape index (κ1) is 12.5. The van der Waals surface area contributed by atoms with Crippen molar-refractivity contribution >= 4 is 17.2 Å². The molecular formula is C12H13N3O2S. The van der Waals surface area contributed by atoms with Gasteiger partial charge >= 0.3 is 0 Å². The molecule has 18 heavy (non-hydrogen) atoms. The van der Waals surface area contributed by atoms with Crippen molar-refractivity contribution in [2.24, 2.45) is 0 Å². The van der Waals surface area contributed by atoms with Crippen LogP contribution in [0.4, 0.5) is 0 Å². The SMILES string of the molecule is Cc1csc(CCNC(=O)c2c[nH]ccc2=O)n1. The third kappa shape index (κ3) is 3.04. The van der Waals surface area contributed by atoms with Gasteiger partial charge in [-0.3, -0.25) is 9.59 Å². The van der Waals surface area contributed by atoms with Crippen molar-refractivity contribution in [3.63, 3.8) is 0 Å². The lowest BCUT2D eigenvalue weighted by atomic mass is 10.2. The normalized spacial score (nSPS) is 10.3. The van der Waals surface area contributed by atoms with Crippen molar-refractivity contribution in [3.8, 4) is 0 Å². The van der Waals surface area contributed by atoms with Crippen LogP contribution < -0.4 is 10.7 Å². The lowest BCUT2D eigenvalue weighted by Crippen LogP contribution is -2.30. The third-order valence-electron chi connectivity index (χ3n) is 2.36. The van der Waals surface area contributed by atoms with Crippen molar-refractivity contribution in [3.05, 3.63) is 50.3 Å². The number of carbonyl (C=O) groups excluding carboxylic acids is 1. The molecule has 2 N–H and O–H groups in total. The minimum Gasteiger partial charge on any atom is -0.367 e. The van der Waals surface area contributed by atoms with E-state index in [0.29, 0.717) is 13.0 Å². The van der Waals surface area contributed by atoms with Crippen LogP contribution in [0.5, 0.6) is 0 Å². The van der Waals surface area contributed by atoms with E-state index in [1.54, 1.807) is 11.3 Å². The Kier molecular flexibility index (Phi) is 3.88. The van der Waals surface area contributed by atoms with Crippen LogP contribution in [0, 0.1) is 6.92 Å². The van der Waals surface area contributed by atoms with Crippen molar-refractivity contribution in [2.45, 2.75) is 13.3 Å². The summed E-state index contributed by atoms with van der Waals surface area (Å²) < 4.78 is 0. The van der Waals surface area contributed by atoms with Crippen LogP contribution in [-0.2, 0) is 6.42 Å². The van der Waals surface area contributed by atoms with Crippen molar-refractivity contribution in [1.82, 2.24) is 15.3 Å². The van der Waals surface area contributed by atoms with E-state index in [-0.39, 0.29) is 16.9 Å². The summed E-state index contributed by atoms with van der Waals surface area (Å²) in [6, 6.07) is 1.33. The first-order valence-corrected chi connectivity index (χ1v) is 6.41. The monoisotopic (exact) mass is 263 g/mol. The van der Waals surface area contributed by atoms with Crippen molar-refractivity contribution in [1.29, 1.82) is 0 Å². The maximum absolute atomic E-state index is 11.7. The minimum atomic E-state index is -0.356. The second-order valence-electron chi connectivity index (χ2n) is 3.81. The Morgan fingerprint density at radius 3 is 3.06 bits per heavy atom. The fourth-order valence-electron chi connectivity index (χ4n) is 1.49. The number of nitrogens with one attached hydrogen (secondary N) is 2. The van der Waals surface area contributed by atoms with Gasteiger partial charge in [-0.05, 0) is 6.92 Å². The molecule has 2 heterocycles. The molecule has 0 unspecified atom stereocenters. The van der Waals surface area contributed by atoms with Gasteiger partial charge in [0, 0.05) is 42.5 Å². The lowest BCUT2D eigenvalue weighted by molar-refractivity contribution is 0.0952. The van der Waals surface area contributed by atoms with Crippen LogP contribution in [0.3, 0.4) is 0 Å². The zero-order valence-corrected chi connectivity index (χ0v) is 10.7. The average molecular weight is 263 g/mol. The van der Waals surface area contributed by atoms with Crippen LogP contribution in [0.15, 0.2) is 28.6 Å². The highest BCUT2D eigenvalue weighted by atomic mass is 32.1. The van der Waals surface area contributed by atoms with Crippen molar-refractivity contribution < 1.29 is 4.79 Å². The molecule has 6 heteroatoms. The number of nitrogens with zero attached hydrogens (tertiary/aromatic N) is 1. The Bertz CT molecular complexity index is 603. The Balaban J connectivity index is 1.89. The molecule has 0 aliphatic carbocycles. The number of aromatic amines is 1. The number of hydrogen-bond acceptors (Lipinski definition) is 4. The van der Waals surface area contributed by atoms with Gasteiger partial charge in [-0.2, -0.15) is 0 Å². The smallest absolute Gasteiger partial charge is 0.256 e. The second-order valence-corrected chi connectivity index (χ2v) is 4.75. The average Bonchev–Trinajstić information content (AvgIpc) is 2.75. The van der Waals surface area contributed by atoms with Gasteiger partial charge < -0.3 is 10.3 Å².